The molecule has 0 atom stereocenters. The fourth-order valence-corrected chi connectivity index (χ4v) is 2.60. The zero-order valence-electron chi connectivity index (χ0n) is 10.0. The Morgan fingerprint density at radius 1 is 1.56 bits per heavy atom. The molecule has 1 N–H and O–H groups in total. The molecule has 0 unspecified atom stereocenters. The van der Waals surface area contributed by atoms with Gasteiger partial charge >= 0.3 is 0 Å². The predicted octanol–water partition coefficient (Wildman–Crippen LogP) is 1.96. The van der Waals surface area contributed by atoms with E-state index in [-0.39, 0.29) is 16.5 Å². The first-order valence-electron chi connectivity index (χ1n) is 5.87. The van der Waals surface area contributed by atoms with Crippen molar-refractivity contribution in [3.05, 3.63) is 18.0 Å². The second kappa shape index (κ2) is 4.93. The normalized spacial score (nSPS) is 15.7. The number of amides is 1. The van der Waals surface area contributed by atoms with E-state index in [1.165, 1.54) is 12.3 Å². The van der Waals surface area contributed by atoms with Gasteiger partial charge in [0.05, 0.1) is 0 Å². The van der Waals surface area contributed by atoms with E-state index in [0.29, 0.717) is 12.6 Å². The summed E-state index contributed by atoms with van der Waals surface area (Å²) in [5.41, 5.74) is 0.273. The summed E-state index contributed by atoms with van der Waals surface area (Å²) in [7, 11) is 1.43. The van der Waals surface area contributed by atoms with Gasteiger partial charge in [-0.25, -0.2) is 8.42 Å². The van der Waals surface area contributed by atoms with Gasteiger partial charge in [0.2, 0.25) is 0 Å². The van der Waals surface area contributed by atoms with Crippen LogP contribution in [0.15, 0.2) is 17.2 Å². The van der Waals surface area contributed by atoms with E-state index in [1.807, 2.05) is 6.92 Å². The average molecular weight is 291 g/mol. The second-order valence-electron chi connectivity index (χ2n) is 4.42. The minimum Gasteiger partial charge on any atom is -0.356 e. The number of aromatic nitrogens is 1. The van der Waals surface area contributed by atoms with Crippen LogP contribution in [0.3, 0.4) is 0 Å². The van der Waals surface area contributed by atoms with E-state index in [0.717, 1.165) is 19.3 Å². The van der Waals surface area contributed by atoms with E-state index < -0.39 is 9.05 Å². The molecule has 1 aliphatic rings. The number of nitrogens with one attached hydrogen (secondary N) is 1. The number of carbonyl (C=O) groups is 1. The van der Waals surface area contributed by atoms with Crippen molar-refractivity contribution in [2.45, 2.75) is 37.1 Å². The number of halogens is 1. The highest BCUT2D eigenvalue weighted by molar-refractivity contribution is 8.13. The summed E-state index contributed by atoms with van der Waals surface area (Å²) in [6.45, 7) is 2.69. The Hall–Kier alpha value is -1.01. The van der Waals surface area contributed by atoms with Crippen LogP contribution in [0.4, 0.5) is 0 Å². The standard InChI is InChI=1S/C11H15ClN2O3S/c1-2-5-14(8-3-4-8)11(15)10-6-9(7-13-10)18(12,16)17/h6-8,13H,2-5H2,1H3. The highest BCUT2D eigenvalue weighted by atomic mass is 35.7. The maximum absolute atomic E-state index is 12.2. The highest BCUT2D eigenvalue weighted by Gasteiger charge is 2.33. The van der Waals surface area contributed by atoms with E-state index >= 15 is 0 Å². The maximum atomic E-state index is 12.2. The first-order valence-corrected chi connectivity index (χ1v) is 8.18. The number of carbonyl (C=O) groups excluding carboxylic acids is 1. The van der Waals surface area contributed by atoms with Crippen LogP contribution in [-0.4, -0.2) is 36.8 Å². The van der Waals surface area contributed by atoms with E-state index in [4.69, 9.17) is 10.7 Å². The van der Waals surface area contributed by atoms with Crippen LogP contribution < -0.4 is 0 Å². The molecular formula is C11H15ClN2O3S. The Kier molecular flexibility index (Phi) is 3.68. The Bertz CT molecular complexity index is 548. The molecule has 0 aromatic carbocycles. The largest absolute Gasteiger partial charge is 0.356 e. The van der Waals surface area contributed by atoms with Gasteiger partial charge in [0.25, 0.3) is 15.0 Å². The molecule has 0 radical (unpaired) electrons. The molecule has 0 saturated heterocycles. The summed E-state index contributed by atoms with van der Waals surface area (Å²) >= 11 is 0. The van der Waals surface area contributed by atoms with Gasteiger partial charge in [0.15, 0.2) is 0 Å². The van der Waals surface area contributed by atoms with Crippen LogP contribution in [-0.2, 0) is 9.05 Å². The SMILES string of the molecule is CCCN(C(=O)c1cc(S(=O)(=O)Cl)c[nH]1)C1CC1. The Balaban J connectivity index is 2.19. The van der Waals surface area contributed by atoms with Crippen molar-refractivity contribution in [3.63, 3.8) is 0 Å². The van der Waals surface area contributed by atoms with Crippen LogP contribution in [0.5, 0.6) is 0 Å². The lowest BCUT2D eigenvalue weighted by atomic mass is 10.3. The summed E-state index contributed by atoms with van der Waals surface area (Å²) in [6.07, 6.45) is 4.16. The van der Waals surface area contributed by atoms with Crippen molar-refractivity contribution in [1.29, 1.82) is 0 Å². The maximum Gasteiger partial charge on any atom is 0.270 e. The Labute approximate surface area is 111 Å². The van der Waals surface area contributed by atoms with E-state index in [9.17, 15) is 13.2 Å². The summed E-state index contributed by atoms with van der Waals surface area (Å²) < 4.78 is 22.3. The molecule has 1 aromatic rings. The monoisotopic (exact) mass is 290 g/mol. The van der Waals surface area contributed by atoms with Crippen molar-refractivity contribution >= 4 is 25.6 Å². The molecule has 1 amide bonds. The van der Waals surface area contributed by atoms with Crippen molar-refractivity contribution in [3.8, 4) is 0 Å². The molecule has 1 heterocycles. The second-order valence-corrected chi connectivity index (χ2v) is 6.98. The minimum absolute atomic E-state index is 0.0697. The molecule has 5 nitrogen and oxygen atoms in total. The van der Waals surface area contributed by atoms with Crippen LogP contribution in [0, 0.1) is 0 Å². The number of rotatable bonds is 5. The molecule has 7 heteroatoms. The lowest BCUT2D eigenvalue weighted by Gasteiger charge is -2.20. The molecule has 1 saturated carbocycles. The topological polar surface area (TPSA) is 70.2 Å². The van der Waals surface area contributed by atoms with Gasteiger partial charge in [-0.2, -0.15) is 0 Å². The van der Waals surface area contributed by atoms with Gasteiger partial charge in [-0.1, -0.05) is 6.92 Å². The fraction of sp³-hybridized carbons (Fsp3) is 0.545. The molecule has 1 fully saturated rings. The highest BCUT2D eigenvalue weighted by Crippen LogP contribution is 2.28. The number of hydrogen-bond donors (Lipinski definition) is 1. The first kappa shape index (κ1) is 13.4. The van der Waals surface area contributed by atoms with Crippen LogP contribution in [0.2, 0.25) is 0 Å². The van der Waals surface area contributed by atoms with Gasteiger partial charge < -0.3 is 9.88 Å². The molecule has 18 heavy (non-hydrogen) atoms. The number of nitrogens with zero attached hydrogens (tertiary/aromatic N) is 1. The average Bonchev–Trinajstić information content (AvgIpc) is 2.99. The molecule has 0 bridgehead atoms. The molecule has 1 aliphatic carbocycles. The smallest absolute Gasteiger partial charge is 0.270 e. The van der Waals surface area contributed by atoms with Crippen LogP contribution in [0.25, 0.3) is 0 Å². The summed E-state index contributed by atoms with van der Waals surface area (Å²) in [4.78, 5) is 16.6. The third-order valence-electron chi connectivity index (χ3n) is 2.88. The van der Waals surface area contributed by atoms with E-state index in [1.54, 1.807) is 4.90 Å². The lowest BCUT2D eigenvalue weighted by Crippen LogP contribution is -2.33. The van der Waals surface area contributed by atoms with Crippen molar-refractivity contribution in [1.82, 2.24) is 9.88 Å². The molecule has 100 valence electrons. The Morgan fingerprint density at radius 2 is 2.22 bits per heavy atom. The Morgan fingerprint density at radius 3 is 2.67 bits per heavy atom. The van der Waals surface area contributed by atoms with E-state index in [2.05, 4.69) is 4.98 Å². The van der Waals surface area contributed by atoms with Crippen molar-refractivity contribution < 1.29 is 13.2 Å². The van der Waals surface area contributed by atoms with Gasteiger partial charge in [0, 0.05) is 29.5 Å². The molecule has 0 aliphatic heterocycles. The van der Waals surface area contributed by atoms with Crippen molar-refractivity contribution in [2.75, 3.05) is 6.54 Å². The van der Waals surface area contributed by atoms with Crippen molar-refractivity contribution in [2.24, 2.45) is 0 Å². The molecule has 1 aromatic heterocycles. The molecule has 2 rings (SSSR count). The van der Waals surface area contributed by atoms with Crippen LogP contribution >= 0.6 is 10.7 Å². The quantitative estimate of drug-likeness (QED) is 0.843. The summed E-state index contributed by atoms with van der Waals surface area (Å²) in [6, 6.07) is 1.59. The van der Waals surface area contributed by atoms with Crippen LogP contribution in [0.1, 0.15) is 36.7 Å². The number of H-pyrrole nitrogens is 1. The lowest BCUT2D eigenvalue weighted by molar-refractivity contribution is 0.0738. The summed E-state index contributed by atoms with van der Waals surface area (Å²) in [5.74, 6) is -0.161. The zero-order valence-corrected chi connectivity index (χ0v) is 11.6. The first-order chi connectivity index (χ1) is 8.43. The van der Waals surface area contributed by atoms with Gasteiger partial charge in [-0.15, -0.1) is 0 Å². The molecular weight excluding hydrogens is 276 g/mol. The molecule has 0 spiro atoms. The zero-order chi connectivity index (χ0) is 13.3. The third kappa shape index (κ3) is 2.87. The number of hydrogen-bond acceptors (Lipinski definition) is 3. The van der Waals surface area contributed by atoms with Gasteiger partial charge in [-0.3, -0.25) is 4.79 Å². The number of aromatic amines is 1. The third-order valence-corrected chi connectivity index (χ3v) is 4.21. The fourth-order valence-electron chi connectivity index (χ4n) is 1.87. The minimum atomic E-state index is -3.79. The summed E-state index contributed by atoms with van der Waals surface area (Å²) in [5, 5.41) is 0. The van der Waals surface area contributed by atoms with Gasteiger partial charge in [0.1, 0.15) is 10.6 Å². The predicted molar refractivity (Wildman–Crippen MR) is 68.2 cm³/mol. The van der Waals surface area contributed by atoms with Gasteiger partial charge in [-0.05, 0) is 25.3 Å².